The van der Waals surface area contributed by atoms with Crippen molar-refractivity contribution in [3.05, 3.63) is 40.3 Å². The van der Waals surface area contributed by atoms with Crippen molar-refractivity contribution in [3.63, 3.8) is 0 Å². The molecule has 0 spiro atoms. The van der Waals surface area contributed by atoms with Crippen molar-refractivity contribution < 1.29 is 24.1 Å². The number of halogens is 2. The lowest BCUT2D eigenvalue weighted by Crippen LogP contribution is -2.49. The van der Waals surface area contributed by atoms with Gasteiger partial charge in [0.1, 0.15) is 5.82 Å². The maximum absolute atomic E-state index is 14.9. The molecule has 3 unspecified atom stereocenters. The molecule has 2 heterocycles. The highest BCUT2D eigenvalue weighted by molar-refractivity contribution is 6.32. The van der Waals surface area contributed by atoms with E-state index in [1.54, 1.807) is 13.0 Å². The summed E-state index contributed by atoms with van der Waals surface area (Å²) in [7, 11) is 0. The van der Waals surface area contributed by atoms with Gasteiger partial charge in [-0.2, -0.15) is 0 Å². The van der Waals surface area contributed by atoms with Crippen molar-refractivity contribution in [2.45, 2.75) is 90.1 Å². The fourth-order valence-corrected chi connectivity index (χ4v) is 5.17. The molecule has 2 aliphatic rings. The second kappa shape index (κ2) is 12.0. The summed E-state index contributed by atoms with van der Waals surface area (Å²) in [6.45, 7) is 10.0. The Hall–Kier alpha value is -2.33. The number of carbonyl (C=O) groups is 1. The highest BCUT2D eigenvalue weighted by atomic mass is 35.5. The summed E-state index contributed by atoms with van der Waals surface area (Å²) in [5.41, 5.74) is 6.45. The number of β-amino-alcohol motifs (C(OH)–C–C–N with tert-alkyl or cyclic N) is 1. The number of amides is 1. The Labute approximate surface area is 223 Å². The maximum Gasteiger partial charge on any atom is 0.257 e. The Bertz CT molecular complexity index is 1110. The van der Waals surface area contributed by atoms with Gasteiger partial charge in [-0.15, -0.1) is 0 Å². The highest BCUT2D eigenvalue weighted by Gasteiger charge is 2.39. The van der Waals surface area contributed by atoms with Gasteiger partial charge < -0.3 is 25.6 Å². The summed E-state index contributed by atoms with van der Waals surface area (Å²) in [5, 5.41) is 19.2. The van der Waals surface area contributed by atoms with Crippen LogP contribution in [0.15, 0.2) is 18.3 Å². The number of ether oxygens (including phenoxy) is 1. The van der Waals surface area contributed by atoms with Crippen molar-refractivity contribution in [1.82, 2.24) is 14.9 Å². The Morgan fingerprint density at radius 2 is 2.00 bits per heavy atom. The van der Waals surface area contributed by atoms with Gasteiger partial charge in [0.15, 0.2) is 0 Å². The Morgan fingerprint density at radius 3 is 2.62 bits per heavy atom. The molecule has 1 aliphatic carbocycles. The average molecular weight is 537 g/mol. The van der Waals surface area contributed by atoms with Crippen LogP contribution in [0.3, 0.4) is 0 Å². The van der Waals surface area contributed by atoms with Gasteiger partial charge >= 0.3 is 0 Å². The summed E-state index contributed by atoms with van der Waals surface area (Å²) >= 11 is 6.14. The van der Waals surface area contributed by atoms with E-state index < -0.39 is 23.2 Å². The quantitative estimate of drug-likeness (QED) is 0.519. The molecule has 0 saturated heterocycles. The summed E-state index contributed by atoms with van der Waals surface area (Å²) in [5.74, 6) is -1.06. The van der Waals surface area contributed by atoms with Gasteiger partial charge in [0, 0.05) is 24.1 Å². The van der Waals surface area contributed by atoms with Crippen LogP contribution in [0.2, 0.25) is 5.02 Å². The van der Waals surface area contributed by atoms with Crippen molar-refractivity contribution in [2.24, 2.45) is 0 Å². The minimum Gasteiger partial charge on any atom is -0.393 e. The SMILES string of the molecule is CC(C)OC1CCCC(O)C1.CC(O)CN1CC(C)(C)c2cc(-c3nc(N)ncc3Cl)cc(F)c2C1=O. The molecule has 2 aromatic rings. The lowest BCUT2D eigenvalue weighted by molar-refractivity contribution is -0.0429. The van der Waals surface area contributed by atoms with Gasteiger partial charge in [0.25, 0.3) is 5.91 Å². The molecule has 1 fully saturated rings. The van der Waals surface area contributed by atoms with Crippen LogP contribution in [0.1, 0.15) is 76.2 Å². The summed E-state index contributed by atoms with van der Waals surface area (Å²) in [6.07, 6.45) is 5.17. The van der Waals surface area contributed by atoms with Crippen LogP contribution in [0.25, 0.3) is 11.3 Å². The molecule has 8 nitrogen and oxygen atoms in total. The van der Waals surface area contributed by atoms with Crippen LogP contribution in [-0.4, -0.2) is 68.5 Å². The van der Waals surface area contributed by atoms with E-state index in [1.165, 1.54) is 17.2 Å². The normalized spacial score (nSPS) is 21.8. The average Bonchev–Trinajstić information content (AvgIpc) is 2.78. The van der Waals surface area contributed by atoms with Gasteiger partial charge in [-0.1, -0.05) is 25.4 Å². The van der Waals surface area contributed by atoms with Gasteiger partial charge in [-0.3, -0.25) is 4.79 Å². The lowest BCUT2D eigenvalue weighted by Gasteiger charge is -2.40. The molecule has 3 atom stereocenters. The Kier molecular flexibility index (Phi) is 9.50. The predicted molar refractivity (Wildman–Crippen MR) is 142 cm³/mol. The Balaban J connectivity index is 0.000000289. The zero-order valence-corrected chi connectivity index (χ0v) is 22.9. The van der Waals surface area contributed by atoms with E-state index in [2.05, 4.69) is 9.97 Å². The summed E-state index contributed by atoms with van der Waals surface area (Å²) in [6, 6.07) is 2.95. The van der Waals surface area contributed by atoms with Gasteiger partial charge in [-0.05, 0) is 64.2 Å². The van der Waals surface area contributed by atoms with E-state index in [0.717, 1.165) is 25.7 Å². The van der Waals surface area contributed by atoms with Gasteiger partial charge in [0.2, 0.25) is 5.95 Å². The second-order valence-electron chi connectivity index (χ2n) is 10.9. The van der Waals surface area contributed by atoms with Gasteiger partial charge in [-0.25, -0.2) is 14.4 Å². The van der Waals surface area contributed by atoms with Crippen LogP contribution in [0.5, 0.6) is 0 Å². The van der Waals surface area contributed by atoms with E-state index >= 15 is 0 Å². The monoisotopic (exact) mass is 536 g/mol. The number of benzene rings is 1. The number of carbonyl (C=O) groups excluding carboxylic acids is 1. The molecular weight excluding hydrogens is 499 g/mol. The van der Waals surface area contributed by atoms with E-state index in [1.807, 2.05) is 27.7 Å². The molecular formula is C27H38ClFN4O4. The number of nitrogen functional groups attached to an aromatic ring is 1. The summed E-state index contributed by atoms with van der Waals surface area (Å²) in [4.78, 5) is 22.1. The van der Waals surface area contributed by atoms with E-state index in [0.29, 0.717) is 35.6 Å². The third-order valence-electron chi connectivity index (χ3n) is 6.49. The maximum atomic E-state index is 14.9. The van der Waals surface area contributed by atoms with Crippen LogP contribution >= 0.6 is 11.6 Å². The molecule has 204 valence electrons. The third kappa shape index (κ3) is 7.37. The molecule has 0 radical (unpaired) electrons. The topological polar surface area (TPSA) is 122 Å². The number of aromatic nitrogens is 2. The third-order valence-corrected chi connectivity index (χ3v) is 6.77. The standard InChI is InChI=1S/C18H20ClFN4O2.C9H18O2/c1-9(25)7-24-8-18(2,3)11-4-10(5-13(20)14(11)16(24)26)15-12(19)6-22-17(21)23-15;1-7(2)11-9-5-3-4-8(10)6-9/h4-6,9,25H,7-8H2,1-3H3,(H2,21,22,23);7-10H,3-6H2,1-2H3. The number of hydrogen-bond donors (Lipinski definition) is 3. The number of aliphatic hydroxyl groups excluding tert-OH is 2. The molecule has 1 aliphatic heterocycles. The summed E-state index contributed by atoms with van der Waals surface area (Å²) < 4.78 is 20.5. The number of fused-ring (bicyclic) bond motifs is 1. The lowest BCUT2D eigenvalue weighted by atomic mass is 9.77. The molecule has 1 saturated carbocycles. The highest BCUT2D eigenvalue weighted by Crippen LogP contribution is 2.38. The molecule has 0 bridgehead atoms. The van der Waals surface area contributed by atoms with Crippen LogP contribution < -0.4 is 5.73 Å². The molecule has 4 rings (SSSR count). The number of anilines is 1. The molecule has 1 aromatic carbocycles. The first-order chi connectivity index (χ1) is 17.3. The fourth-order valence-electron chi connectivity index (χ4n) is 4.97. The van der Waals surface area contributed by atoms with Crippen LogP contribution in [0.4, 0.5) is 10.3 Å². The Morgan fingerprint density at radius 1 is 1.30 bits per heavy atom. The number of nitrogens with zero attached hydrogens (tertiary/aromatic N) is 3. The van der Waals surface area contributed by atoms with Crippen LogP contribution in [0, 0.1) is 5.82 Å². The molecule has 37 heavy (non-hydrogen) atoms. The first kappa shape index (κ1) is 29.2. The predicted octanol–water partition coefficient (Wildman–Crippen LogP) is 4.35. The van der Waals surface area contributed by atoms with Crippen molar-refractivity contribution in [1.29, 1.82) is 0 Å². The first-order valence-electron chi connectivity index (χ1n) is 12.7. The first-order valence-corrected chi connectivity index (χ1v) is 13.1. The van der Waals surface area contributed by atoms with E-state index in [-0.39, 0.29) is 29.2 Å². The van der Waals surface area contributed by atoms with Crippen LogP contribution in [-0.2, 0) is 10.2 Å². The van der Waals surface area contributed by atoms with Gasteiger partial charge in [0.05, 0.1) is 46.9 Å². The largest absolute Gasteiger partial charge is 0.393 e. The number of aliphatic hydroxyl groups is 2. The number of nitrogens with two attached hydrogens (primary N) is 1. The smallest absolute Gasteiger partial charge is 0.257 e. The van der Waals surface area contributed by atoms with Crippen molar-refractivity contribution >= 4 is 23.5 Å². The molecule has 1 amide bonds. The molecule has 10 heteroatoms. The number of hydrogen-bond acceptors (Lipinski definition) is 7. The molecule has 4 N–H and O–H groups in total. The van der Waals surface area contributed by atoms with Crippen molar-refractivity contribution in [3.8, 4) is 11.3 Å². The second-order valence-corrected chi connectivity index (χ2v) is 11.3. The van der Waals surface area contributed by atoms with Crippen molar-refractivity contribution in [2.75, 3.05) is 18.8 Å². The van der Waals surface area contributed by atoms with E-state index in [4.69, 9.17) is 22.1 Å². The minimum absolute atomic E-state index is 0.0174. The fraction of sp³-hybridized carbons (Fsp3) is 0.593. The minimum atomic E-state index is -0.693. The molecule has 1 aromatic heterocycles. The van der Waals surface area contributed by atoms with E-state index in [9.17, 15) is 19.4 Å². The number of rotatable bonds is 5. The zero-order chi connectivity index (χ0) is 27.5. The zero-order valence-electron chi connectivity index (χ0n) is 22.2.